The van der Waals surface area contributed by atoms with E-state index in [1.54, 1.807) is 12.1 Å². The Morgan fingerprint density at radius 2 is 2.13 bits per heavy atom. The van der Waals surface area contributed by atoms with Crippen LogP contribution < -0.4 is 0 Å². The lowest BCUT2D eigenvalue weighted by molar-refractivity contribution is -0.131. The Balaban J connectivity index is 3.02. The molecule has 0 saturated carbocycles. The van der Waals surface area contributed by atoms with Crippen molar-refractivity contribution in [2.24, 2.45) is 0 Å². The minimum atomic E-state index is -1.01. The second-order valence-electron chi connectivity index (χ2n) is 3.61. The van der Waals surface area contributed by atoms with Crippen LogP contribution >= 0.6 is 0 Å². The highest BCUT2D eigenvalue weighted by atomic mass is 19.1. The molecule has 0 saturated heterocycles. The summed E-state index contributed by atoms with van der Waals surface area (Å²) in [5.74, 6) is -1.17. The molecule has 0 aliphatic carbocycles. The van der Waals surface area contributed by atoms with Crippen LogP contribution in [-0.4, -0.2) is 11.1 Å². The van der Waals surface area contributed by atoms with Crippen molar-refractivity contribution in [3.63, 3.8) is 0 Å². The molecule has 1 N–H and O–H groups in total. The first kappa shape index (κ1) is 11.4. The summed E-state index contributed by atoms with van der Waals surface area (Å²) < 4.78 is 13.3. The fourth-order valence-electron chi connectivity index (χ4n) is 1.28. The summed E-state index contributed by atoms with van der Waals surface area (Å²) >= 11 is 0. The molecule has 0 bridgehead atoms. The van der Waals surface area contributed by atoms with Gasteiger partial charge in [0.25, 0.3) is 0 Å². The van der Waals surface area contributed by atoms with Crippen molar-refractivity contribution in [3.8, 4) is 0 Å². The van der Waals surface area contributed by atoms with Crippen molar-refractivity contribution in [1.29, 1.82) is 0 Å². The lowest BCUT2D eigenvalue weighted by Crippen LogP contribution is -1.93. The van der Waals surface area contributed by atoms with Crippen LogP contribution in [0.2, 0.25) is 0 Å². The fourth-order valence-corrected chi connectivity index (χ4v) is 1.28. The van der Waals surface area contributed by atoms with Crippen molar-refractivity contribution < 1.29 is 14.3 Å². The molecule has 1 aromatic rings. The average Bonchev–Trinajstić information content (AvgIpc) is 2.16. The van der Waals surface area contributed by atoms with E-state index in [0.29, 0.717) is 11.1 Å². The molecule has 0 unspecified atom stereocenters. The highest BCUT2D eigenvalue weighted by Gasteiger charge is 2.06. The number of halogens is 1. The van der Waals surface area contributed by atoms with E-state index in [0.717, 1.165) is 6.08 Å². The number of hydrogen-bond donors (Lipinski definition) is 1. The normalized spacial score (nSPS) is 11.2. The molecule has 1 aromatic carbocycles. The molecule has 0 aromatic heterocycles. The third kappa shape index (κ3) is 3.20. The minimum Gasteiger partial charge on any atom is -0.478 e. The van der Waals surface area contributed by atoms with E-state index in [2.05, 4.69) is 0 Å². The van der Waals surface area contributed by atoms with Crippen molar-refractivity contribution >= 4 is 12.0 Å². The van der Waals surface area contributed by atoms with Gasteiger partial charge in [0.1, 0.15) is 5.82 Å². The summed E-state index contributed by atoms with van der Waals surface area (Å²) in [7, 11) is 0. The first-order chi connectivity index (χ1) is 7.00. The van der Waals surface area contributed by atoms with Gasteiger partial charge >= 0.3 is 5.97 Å². The Morgan fingerprint density at radius 1 is 1.47 bits per heavy atom. The number of benzene rings is 1. The minimum absolute atomic E-state index is 0.0863. The van der Waals surface area contributed by atoms with Gasteiger partial charge in [-0.15, -0.1) is 0 Å². The van der Waals surface area contributed by atoms with Gasteiger partial charge in [-0.05, 0) is 35.3 Å². The van der Waals surface area contributed by atoms with E-state index in [4.69, 9.17) is 5.11 Å². The SMILES string of the molecule is CC(C)c1cc(/C=C/C(=O)O)ccc1F. The quantitative estimate of drug-likeness (QED) is 0.775. The lowest BCUT2D eigenvalue weighted by Gasteiger charge is -2.07. The smallest absolute Gasteiger partial charge is 0.328 e. The second-order valence-corrected chi connectivity index (χ2v) is 3.61. The molecule has 3 heteroatoms. The summed E-state index contributed by atoms with van der Waals surface area (Å²) in [5, 5.41) is 8.45. The largest absolute Gasteiger partial charge is 0.478 e. The molecular weight excluding hydrogens is 195 g/mol. The molecular formula is C12H13FO2. The standard InChI is InChI=1S/C12H13FO2/c1-8(2)10-7-9(3-5-11(10)13)4-6-12(14)15/h3-8H,1-2H3,(H,14,15)/b6-4+. The molecule has 0 amide bonds. The van der Waals surface area contributed by atoms with Crippen molar-refractivity contribution in [2.45, 2.75) is 19.8 Å². The van der Waals surface area contributed by atoms with Gasteiger partial charge in [0.15, 0.2) is 0 Å². The first-order valence-electron chi connectivity index (χ1n) is 4.71. The van der Waals surface area contributed by atoms with E-state index >= 15 is 0 Å². The van der Waals surface area contributed by atoms with Gasteiger partial charge in [-0.1, -0.05) is 19.9 Å². The van der Waals surface area contributed by atoms with Crippen LogP contribution in [0, 0.1) is 5.82 Å². The number of aliphatic carboxylic acids is 1. The van der Waals surface area contributed by atoms with E-state index in [-0.39, 0.29) is 11.7 Å². The maximum absolute atomic E-state index is 13.3. The van der Waals surface area contributed by atoms with Crippen molar-refractivity contribution in [2.75, 3.05) is 0 Å². The molecule has 1 rings (SSSR count). The summed E-state index contributed by atoms with van der Waals surface area (Å²) in [6.45, 7) is 3.78. The Hall–Kier alpha value is -1.64. The van der Waals surface area contributed by atoms with Gasteiger partial charge in [0.2, 0.25) is 0 Å². The van der Waals surface area contributed by atoms with Gasteiger partial charge in [-0.3, -0.25) is 0 Å². The summed E-state index contributed by atoms with van der Waals surface area (Å²) in [5.41, 5.74) is 1.30. The predicted octanol–water partition coefficient (Wildman–Crippen LogP) is 3.05. The monoisotopic (exact) mass is 208 g/mol. The van der Waals surface area contributed by atoms with E-state index < -0.39 is 5.97 Å². The van der Waals surface area contributed by atoms with Gasteiger partial charge in [0, 0.05) is 6.08 Å². The molecule has 2 nitrogen and oxygen atoms in total. The molecule has 0 fully saturated rings. The average molecular weight is 208 g/mol. The maximum atomic E-state index is 13.3. The highest BCUT2D eigenvalue weighted by Crippen LogP contribution is 2.20. The maximum Gasteiger partial charge on any atom is 0.328 e. The molecule has 0 atom stereocenters. The molecule has 15 heavy (non-hydrogen) atoms. The molecule has 0 radical (unpaired) electrons. The van der Waals surface area contributed by atoms with E-state index in [1.165, 1.54) is 12.1 Å². The second kappa shape index (κ2) is 4.73. The Kier molecular flexibility index (Phi) is 3.61. The van der Waals surface area contributed by atoms with E-state index in [1.807, 2.05) is 13.8 Å². The molecule has 0 aliphatic heterocycles. The van der Waals surface area contributed by atoms with Crippen molar-refractivity contribution in [1.82, 2.24) is 0 Å². The Labute approximate surface area is 88.1 Å². The van der Waals surface area contributed by atoms with Crippen molar-refractivity contribution in [3.05, 3.63) is 41.2 Å². The van der Waals surface area contributed by atoms with Crippen LogP contribution in [0.25, 0.3) is 6.08 Å². The van der Waals surface area contributed by atoms with Crippen LogP contribution in [0.3, 0.4) is 0 Å². The zero-order valence-corrected chi connectivity index (χ0v) is 8.70. The third-order valence-electron chi connectivity index (χ3n) is 2.06. The van der Waals surface area contributed by atoms with Crippen LogP contribution in [0.15, 0.2) is 24.3 Å². The van der Waals surface area contributed by atoms with Gasteiger partial charge in [0.05, 0.1) is 0 Å². The fraction of sp³-hybridized carbons (Fsp3) is 0.250. The number of rotatable bonds is 3. The highest BCUT2D eigenvalue weighted by molar-refractivity contribution is 5.85. The van der Waals surface area contributed by atoms with Crippen LogP contribution in [0.1, 0.15) is 30.9 Å². The zero-order chi connectivity index (χ0) is 11.4. The first-order valence-corrected chi connectivity index (χ1v) is 4.71. The van der Waals surface area contributed by atoms with Crippen LogP contribution in [0.5, 0.6) is 0 Å². The number of carbonyl (C=O) groups is 1. The van der Waals surface area contributed by atoms with Gasteiger partial charge in [-0.25, -0.2) is 9.18 Å². The number of carboxylic acid groups (broad SMARTS) is 1. The molecule has 0 aliphatic rings. The summed E-state index contributed by atoms with van der Waals surface area (Å²) in [6.07, 6.45) is 2.49. The molecule has 0 spiro atoms. The zero-order valence-electron chi connectivity index (χ0n) is 8.70. The Bertz CT molecular complexity index is 395. The number of carboxylic acids is 1. The summed E-state index contributed by atoms with van der Waals surface area (Å²) in [4.78, 5) is 10.3. The van der Waals surface area contributed by atoms with Crippen LogP contribution in [0.4, 0.5) is 4.39 Å². The number of hydrogen-bond acceptors (Lipinski definition) is 1. The topological polar surface area (TPSA) is 37.3 Å². The molecule has 0 heterocycles. The van der Waals surface area contributed by atoms with Crippen LogP contribution in [-0.2, 0) is 4.79 Å². The molecule has 80 valence electrons. The lowest BCUT2D eigenvalue weighted by atomic mass is 10.00. The van der Waals surface area contributed by atoms with Gasteiger partial charge in [-0.2, -0.15) is 0 Å². The third-order valence-corrected chi connectivity index (χ3v) is 2.06. The van der Waals surface area contributed by atoms with Gasteiger partial charge < -0.3 is 5.11 Å². The predicted molar refractivity (Wildman–Crippen MR) is 57.2 cm³/mol. The van der Waals surface area contributed by atoms with E-state index in [9.17, 15) is 9.18 Å². The Morgan fingerprint density at radius 3 is 2.67 bits per heavy atom. The summed E-state index contributed by atoms with van der Waals surface area (Å²) in [6, 6.07) is 4.58.